The summed E-state index contributed by atoms with van der Waals surface area (Å²) in [6, 6.07) is 21.7. The standard InChI is InChI=1S/C39H29ClN4O10S/c40-30-13-20(35(48)41-17-19-2-1-3-22(45)12-19)4-8-26(30)36(49)44-31(38(52)53)18-42-39(55)43-21-5-9-25(29(14-21)37(50)51)34-27-10-6-23(46)15-32(27)54-33-16-24(47)7-11-28(33)34/h1-16,31,45-46H,17-18H2,(H,41,48)(H,44,49)(H,50,51)(H,52,53)(H2,42,43,55). The van der Waals surface area contributed by atoms with Crippen molar-refractivity contribution < 1.29 is 44.0 Å². The number of halogens is 1. The molecule has 1 aliphatic carbocycles. The Kier molecular flexibility index (Phi) is 11.0. The predicted molar refractivity (Wildman–Crippen MR) is 207 cm³/mol. The first-order chi connectivity index (χ1) is 26.3. The van der Waals surface area contributed by atoms with E-state index in [0.29, 0.717) is 22.1 Å². The molecule has 2 aliphatic rings. The van der Waals surface area contributed by atoms with Gasteiger partial charge in [0.05, 0.1) is 16.1 Å². The number of rotatable bonds is 11. The average molecular weight is 781 g/mol. The predicted octanol–water partition coefficient (Wildman–Crippen LogP) is 5.43. The fourth-order valence-corrected chi connectivity index (χ4v) is 6.23. The molecule has 0 fully saturated rings. The van der Waals surface area contributed by atoms with E-state index in [1.54, 1.807) is 24.3 Å². The molecule has 8 N–H and O–H groups in total. The molecule has 1 unspecified atom stereocenters. The number of hydrogen-bond donors (Lipinski definition) is 8. The van der Waals surface area contributed by atoms with E-state index in [4.69, 9.17) is 28.2 Å². The van der Waals surface area contributed by atoms with Crippen molar-refractivity contribution in [3.63, 3.8) is 0 Å². The number of phenols is 2. The SMILES string of the molecule is O=C(NCc1cccc(O)c1)c1ccc(C(=O)NC(CNC(=S)Nc2ccc(-c3c4ccc(=O)cc-4oc4cc(O)ccc34)c(C(=O)O)c2)C(=O)O)c(Cl)c1. The minimum Gasteiger partial charge on any atom is -0.508 e. The Balaban J connectivity index is 1.13. The molecule has 0 radical (unpaired) electrons. The van der Waals surface area contributed by atoms with Gasteiger partial charge in [-0.25, -0.2) is 9.59 Å². The number of phenolic OH excluding ortho intramolecular Hbond substituents is 2. The number of nitrogens with one attached hydrogen (secondary N) is 4. The summed E-state index contributed by atoms with van der Waals surface area (Å²) in [5.74, 6) is -3.86. The summed E-state index contributed by atoms with van der Waals surface area (Å²) in [6.45, 7) is -0.260. The molecule has 0 saturated heterocycles. The van der Waals surface area contributed by atoms with Gasteiger partial charge in [-0.15, -0.1) is 0 Å². The number of amides is 2. The highest BCUT2D eigenvalue weighted by Gasteiger charge is 2.25. The number of hydrogen-bond acceptors (Lipinski definition) is 9. The number of fused-ring (bicyclic) bond motifs is 2. The van der Waals surface area contributed by atoms with Gasteiger partial charge >= 0.3 is 11.9 Å². The number of aromatic carboxylic acids is 1. The number of carbonyl (C=O) groups is 4. The van der Waals surface area contributed by atoms with Gasteiger partial charge in [0.25, 0.3) is 11.8 Å². The van der Waals surface area contributed by atoms with Crippen LogP contribution in [0.15, 0.2) is 106 Å². The zero-order chi connectivity index (χ0) is 39.4. The van der Waals surface area contributed by atoms with Crippen molar-refractivity contribution in [2.75, 3.05) is 11.9 Å². The van der Waals surface area contributed by atoms with Crippen LogP contribution in [0.5, 0.6) is 11.5 Å². The van der Waals surface area contributed by atoms with Crippen LogP contribution in [0.2, 0.25) is 5.02 Å². The van der Waals surface area contributed by atoms with Gasteiger partial charge in [-0.2, -0.15) is 0 Å². The molecule has 16 heteroatoms. The Morgan fingerprint density at radius 3 is 2.27 bits per heavy atom. The molecule has 55 heavy (non-hydrogen) atoms. The Morgan fingerprint density at radius 2 is 1.55 bits per heavy atom. The van der Waals surface area contributed by atoms with E-state index in [2.05, 4.69) is 21.3 Å². The quantitative estimate of drug-likeness (QED) is 0.0607. The van der Waals surface area contributed by atoms with Crippen LogP contribution in [0.4, 0.5) is 5.69 Å². The summed E-state index contributed by atoms with van der Waals surface area (Å²) < 4.78 is 5.86. The number of aromatic hydroxyl groups is 2. The summed E-state index contributed by atoms with van der Waals surface area (Å²) in [4.78, 5) is 62.4. The second-order valence-corrected chi connectivity index (χ2v) is 12.9. The lowest BCUT2D eigenvalue weighted by Gasteiger charge is -2.19. The van der Waals surface area contributed by atoms with E-state index in [0.717, 1.165) is 0 Å². The molecule has 1 aliphatic heterocycles. The smallest absolute Gasteiger partial charge is 0.336 e. The molecule has 0 saturated carbocycles. The van der Waals surface area contributed by atoms with Gasteiger partial charge in [-0.1, -0.05) is 29.8 Å². The van der Waals surface area contributed by atoms with E-state index in [1.165, 1.54) is 72.8 Å². The number of carbonyl (C=O) groups excluding carboxylic acids is 2. The average Bonchev–Trinajstić information content (AvgIpc) is 3.14. The van der Waals surface area contributed by atoms with Gasteiger partial charge < -0.3 is 46.1 Å². The Morgan fingerprint density at radius 1 is 0.782 bits per heavy atom. The maximum absolute atomic E-state index is 13.0. The highest BCUT2D eigenvalue weighted by atomic mass is 35.5. The molecule has 0 aromatic heterocycles. The van der Waals surface area contributed by atoms with E-state index in [-0.39, 0.29) is 79.4 Å². The van der Waals surface area contributed by atoms with Crippen LogP contribution in [-0.4, -0.2) is 61.9 Å². The van der Waals surface area contributed by atoms with Crippen molar-refractivity contribution in [1.82, 2.24) is 16.0 Å². The number of aliphatic carboxylic acids is 1. The molecule has 4 aromatic rings. The Bertz CT molecular complexity index is 2560. The lowest BCUT2D eigenvalue weighted by molar-refractivity contribution is -0.139. The van der Waals surface area contributed by atoms with Crippen LogP contribution in [0.25, 0.3) is 33.4 Å². The van der Waals surface area contributed by atoms with Gasteiger partial charge in [0.1, 0.15) is 28.9 Å². The van der Waals surface area contributed by atoms with Crippen molar-refractivity contribution in [1.29, 1.82) is 0 Å². The van der Waals surface area contributed by atoms with Gasteiger partial charge in [-0.05, 0) is 90.1 Å². The van der Waals surface area contributed by atoms with E-state index in [9.17, 15) is 44.4 Å². The Hall–Kier alpha value is -6.97. The van der Waals surface area contributed by atoms with Crippen molar-refractivity contribution in [3.05, 3.63) is 135 Å². The van der Waals surface area contributed by atoms with Crippen molar-refractivity contribution >= 4 is 69.3 Å². The molecule has 14 nitrogen and oxygen atoms in total. The van der Waals surface area contributed by atoms with E-state index < -0.39 is 29.8 Å². The van der Waals surface area contributed by atoms with E-state index in [1.807, 2.05) is 0 Å². The summed E-state index contributed by atoms with van der Waals surface area (Å²) in [6.07, 6.45) is 0. The van der Waals surface area contributed by atoms with Crippen LogP contribution in [0.1, 0.15) is 36.6 Å². The van der Waals surface area contributed by atoms with Crippen LogP contribution in [-0.2, 0) is 11.3 Å². The summed E-state index contributed by atoms with van der Waals surface area (Å²) in [5, 5.41) is 50.6. The fourth-order valence-electron chi connectivity index (χ4n) is 5.76. The number of carboxylic acids is 2. The topological polar surface area (TPSA) is 228 Å². The molecule has 0 spiro atoms. The highest BCUT2D eigenvalue weighted by molar-refractivity contribution is 7.80. The molecule has 1 atom stereocenters. The Labute approximate surface area is 321 Å². The second kappa shape index (κ2) is 16.0. The minimum atomic E-state index is -1.50. The van der Waals surface area contributed by atoms with Crippen LogP contribution >= 0.6 is 23.8 Å². The van der Waals surface area contributed by atoms with Crippen molar-refractivity contribution in [3.8, 4) is 33.9 Å². The third-order valence-electron chi connectivity index (χ3n) is 8.36. The monoisotopic (exact) mass is 780 g/mol. The largest absolute Gasteiger partial charge is 0.508 e. The van der Waals surface area contributed by atoms with Crippen molar-refractivity contribution in [2.24, 2.45) is 0 Å². The van der Waals surface area contributed by atoms with Gasteiger partial charge in [-0.3, -0.25) is 14.4 Å². The van der Waals surface area contributed by atoms with E-state index >= 15 is 0 Å². The summed E-state index contributed by atoms with van der Waals surface area (Å²) >= 11 is 11.6. The van der Waals surface area contributed by atoms with Crippen LogP contribution in [0.3, 0.4) is 0 Å². The normalized spacial score (nSPS) is 11.4. The second-order valence-electron chi connectivity index (χ2n) is 12.1. The third-order valence-corrected chi connectivity index (χ3v) is 8.92. The summed E-state index contributed by atoms with van der Waals surface area (Å²) in [7, 11) is 0. The van der Waals surface area contributed by atoms with Gasteiger partial charge in [0.15, 0.2) is 10.5 Å². The molecular weight excluding hydrogens is 752 g/mol. The fraction of sp³-hybridized carbons (Fsp3) is 0.0769. The minimum absolute atomic E-state index is 0.0495. The zero-order valence-electron chi connectivity index (χ0n) is 28.3. The van der Waals surface area contributed by atoms with Crippen molar-refractivity contribution in [2.45, 2.75) is 12.6 Å². The lowest BCUT2D eigenvalue weighted by atomic mass is 9.90. The number of carboxylic acid groups (broad SMARTS) is 2. The first kappa shape index (κ1) is 37.8. The number of thiocarbonyl (C=S) groups is 1. The molecule has 0 bridgehead atoms. The molecule has 2 amide bonds. The van der Waals surface area contributed by atoms with Crippen LogP contribution < -0.4 is 26.7 Å². The maximum atomic E-state index is 13.0. The summed E-state index contributed by atoms with van der Waals surface area (Å²) in [5.41, 5.74) is 1.90. The highest BCUT2D eigenvalue weighted by Crippen LogP contribution is 2.42. The molecule has 4 aromatic carbocycles. The molecule has 6 rings (SSSR count). The number of benzene rings is 5. The van der Waals surface area contributed by atoms with Gasteiger partial charge in [0, 0.05) is 53.0 Å². The van der Waals surface area contributed by atoms with Gasteiger partial charge in [0.2, 0.25) is 0 Å². The lowest BCUT2D eigenvalue weighted by Crippen LogP contribution is -2.49. The first-order valence-electron chi connectivity index (χ1n) is 16.3. The first-order valence-corrected chi connectivity index (χ1v) is 17.1. The molecular formula is C39H29ClN4O10S. The number of anilines is 1. The third kappa shape index (κ3) is 8.64. The molecule has 1 heterocycles. The maximum Gasteiger partial charge on any atom is 0.336 e. The van der Waals surface area contributed by atoms with Crippen LogP contribution in [0, 0.1) is 0 Å². The molecule has 278 valence electrons. The zero-order valence-corrected chi connectivity index (χ0v) is 29.8.